The highest BCUT2D eigenvalue weighted by Gasteiger charge is 2.27. The molecule has 0 aliphatic rings. The molecule has 22 heavy (non-hydrogen) atoms. The average Bonchev–Trinajstić information content (AvgIpc) is 2.82. The Morgan fingerprint density at radius 2 is 1.95 bits per heavy atom. The molecule has 10 heteroatoms. The summed E-state index contributed by atoms with van der Waals surface area (Å²) in [5.74, 6) is -1.00. The van der Waals surface area contributed by atoms with Crippen LogP contribution in [0.4, 0.5) is 5.82 Å². The van der Waals surface area contributed by atoms with Gasteiger partial charge in [0.05, 0.1) is 11.5 Å². The number of benzene rings is 1. The van der Waals surface area contributed by atoms with Crippen LogP contribution in [0.2, 0.25) is 0 Å². The third kappa shape index (κ3) is 3.51. The molecule has 0 aliphatic carbocycles. The molecule has 0 bridgehead atoms. The van der Waals surface area contributed by atoms with Gasteiger partial charge in [0, 0.05) is 4.47 Å². The van der Waals surface area contributed by atoms with Crippen LogP contribution in [0.15, 0.2) is 40.0 Å². The first-order valence-corrected chi connectivity index (χ1v) is 8.57. The lowest BCUT2D eigenvalue weighted by Crippen LogP contribution is -2.09. The van der Waals surface area contributed by atoms with Gasteiger partial charge in [0.15, 0.2) is 21.9 Å². The van der Waals surface area contributed by atoms with E-state index in [1.807, 2.05) is 0 Å². The highest BCUT2D eigenvalue weighted by atomic mass is 79.9. The van der Waals surface area contributed by atoms with E-state index in [2.05, 4.69) is 20.9 Å². The fraction of sp³-hybridized carbons (Fsp3) is 0.250. The predicted molar refractivity (Wildman–Crippen MR) is 81.0 cm³/mol. The quantitative estimate of drug-likeness (QED) is 0.591. The third-order valence-corrected chi connectivity index (χ3v) is 5.07. The molecule has 118 valence electrons. The predicted octanol–water partition coefficient (Wildman–Crippen LogP) is 1.52. The van der Waals surface area contributed by atoms with Gasteiger partial charge in [0.25, 0.3) is 0 Å². The summed E-state index contributed by atoms with van der Waals surface area (Å²) in [4.78, 5) is 14.3. The Morgan fingerprint density at radius 1 is 1.32 bits per heavy atom. The van der Waals surface area contributed by atoms with Crippen LogP contribution in [0.1, 0.15) is 5.69 Å². The monoisotopic (exact) mass is 389 g/mol. The topological polar surface area (TPSA) is 115 Å². The summed E-state index contributed by atoms with van der Waals surface area (Å²) in [5.41, 5.74) is -0.152. The first-order valence-electron chi connectivity index (χ1n) is 6.12. The van der Waals surface area contributed by atoms with Crippen molar-refractivity contribution in [1.29, 1.82) is 0 Å². The van der Waals surface area contributed by atoms with Crippen molar-refractivity contribution >= 4 is 31.6 Å². The zero-order chi connectivity index (χ0) is 16.3. The maximum atomic E-state index is 12.3. The number of sulfone groups is 1. The van der Waals surface area contributed by atoms with Crippen molar-refractivity contribution < 1.29 is 18.4 Å². The molecule has 2 aromatic rings. The van der Waals surface area contributed by atoms with Crippen LogP contribution in [-0.2, 0) is 22.1 Å². The molecule has 0 fully saturated rings. The number of nitro groups is 1. The molecule has 0 radical (unpaired) electrons. The fourth-order valence-corrected chi connectivity index (χ4v) is 3.45. The number of imidazole rings is 1. The number of aliphatic hydroxyl groups is 1. The van der Waals surface area contributed by atoms with E-state index in [1.54, 1.807) is 12.1 Å². The SMILES string of the molecule is O=[N+]([O-])c1c(CS(=O)(=O)c2ccc(Br)cc2)ncn1CCO. The number of aromatic nitrogens is 2. The van der Waals surface area contributed by atoms with Crippen molar-refractivity contribution in [1.82, 2.24) is 9.55 Å². The van der Waals surface area contributed by atoms with Crippen LogP contribution in [0, 0.1) is 10.1 Å². The van der Waals surface area contributed by atoms with Crippen molar-refractivity contribution in [3.8, 4) is 0 Å². The van der Waals surface area contributed by atoms with E-state index in [0.717, 1.165) is 15.4 Å². The van der Waals surface area contributed by atoms with E-state index >= 15 is 0 Å². The standard InChI is InChI=1S/C12H12BrN3O5S/c13-9-1-3-10(4-2-9)22(20,21)7-11-12(16(18)19)15(5-6-17)8-14-11/h1-4,8,17H,5-7H2. The first-order chi connectivity index (χ1) is 10.3. The molecule has 0 atom stereocenters. The second kappa shape index (κ2) is 6.55. The van der Waals surface area contributed by atoms with E-state index in [9.17, 15) is 18.5 Å². The Morgan fingerprint density at radius 3 is 2.50 bits per heavy atom. The van der Waals surface area contributed by atoms with Crippen LogP contribution < -0.4 is 0 Å². The van der Waals surface area contributed by atoms with E-state index in [0.29, 0.717) is 0 Å². The molecule has 0 amide bonds. The van der Waals surface area contributed by atoms with Crippen molar-refractivity contribution in [3.63, 3.8) is 0 Å². The zero-order valence-corrected chi connectivity index (χ0v) is 13.6. The summed E-state index contributed by atoms with van der Waals surface area (Å²) < 4.78 is 26.5. The van der Waals surface area contributed by atoms with Gasteiger partial charge < -0.3 is 15.2 Å². The lowest BCUT2D eigenvalue weighted by Gasteiger charge is -2.04. The molecular formula is C12H12BrN3O5S. The minimum Gasteiger partial charge on any atom is -0.392 e. The second-order valence-electron chi connectivity index (χ2n) is 4.40. The van der Waals surface area contributed by atoms with Crippen LogP contribution in [0.25, 0.3) is 0 Å². The Labute approximate surface area is 134 Å². The number of nitrogens with zero attached hydrogens (tertiary/aromatic N) is 3. The highest BCUT2D eigenvalue weighted by Crippen LogP contribution is 2.24. The van der Waals surface area contributed by atoms with Gasteiger partial charge in [-0.05, 0) is 29.2 Å². The Balaban J connectivity index is 2.37. The van der Waals surface area contributed by atoms with Crippen LogP contribution in [-0.4, -0.2) is 34.6 Å². The molecule has 2 rings (SSSR count). The summed E-state index contributed by atoms with van der Waals surface area (Å²) in [5, 5.41) is 20.0. The van der Waals surface area contributed by atoms with Gasteiger partial charge >= 0.3 is 5.82 Å². The lowest BCUT2D eigenvalue weighted by molar-refractivity contribution is -0.392. The number of rotatable bonds is 6. The van der Waals surface area contributed by atoms with Crippen molar-refractivity contribution in [3.05, 3.63) is 50.9 Å². The molecule has 0 saturated heterocycles. The van der Waals surface area contributed by atoms with Gasteiger partial charge in [0.1, 0.15) is 12.3 Å². The molecular weight excluding hydrogens is 378 g/mol. The smallest absolute Gasteiger partial charge is 0.347 e. The van der Waals surface area contributed by atoms with Gasteiger partial charge in [-0.25, -0.2) is 18.0 Å². The number of halogens is 1. The Bertz CT molecular complexity index is 786. The maximum absolute atomic E-state index is 12.3. The number of hydrogen-bond donors (Lipinski definition) is 1. The van der Waals surface area contributed by atoms with Crippen LogP contribution >= 0.6 is 15.9 Å². The van der Waals surface area contributed by atoms with E-state index in [1.165, 1.54) is 12.1 Å². The molecule has 0 spiro atoms. The average molecular weight is 390 g/mol. The van der Waals surface area contributed by atoms with E-state index < -0.39 is 26.3 Å². The molecule has 1 aromatic carbocycles. The van der Waals surface area contributed by atoms with Crippen LogP contribution in [0.5, 0.6) is 0 Å². The molecule has 0 aliphatic heterocycles. The van der Waals surface area contributed by atoms with Crippen LogP contribution in [0.3, 0.4) is 0 Å². The number of aliphatic hydroxyl groups excluding tert-OH is 1. The van der Waals surface area contributed by atoms with Gasteiger partial charge in [0.2, 0.25) is 0 Å². The third-order valence-electron chi connectivity index (χ3n) is 2.90. The maximum Gasteiger partial charge on any atom is 0.347 e. The molecule has 1 aromatic heterocycles. The zero-order valence-electron chi connectivity index (χ0n) is 11.2. The Kier molecular flexibility index (Phi) is 4.94. The van der Waals surface area contributed by atoms with Crippen molar-refractivity contribution in [2.45, 2.75) is 17.2 Å². The molecule has 0 unspecified atom stereocenters. The van der Waals surface area contributed by atoms with Gasteiger partial charge in [-0.3, -0.25) is 0 Å². The number of hydrogen-bond acceptors (Lipinski definition) is 6. The summed E-state index contributed by atoms with van der Waals surface area (Å²) >= 11 is 3.21. The summed E-state index contributed by atoms with van der Waals surface area (Å²) in [6.07, 6.45) is 1.15. The summed E-state index contributed by atoms with van der Waals surface area (Å²) in [6.45, 7) is -0.336. The minimum atomic E-state index is -3.75. The molecule has 1 heterocycles. The highest BCUT2D eigenvalue weighted by molar-refractivity contribution is 9.10. The van der Waals surface area contributed by atoms with E-state index in [4.69, 9.17) is 5.11 Å². The lowest BCUT2D eigenvalue weighted by atomic mass is 10.4. The van der Waals surface area contributed by atoms with Gasteiger partial charge in [-0.1, -0.05) is 15.9 Å². The van der Waals surface area contributed by atoms with Crippen molar-refractivity contribution in [2.24, 2.45) is 0 Å². The fourth-order valence-electron chi connectivity index (χ4n) is 1.91. The second-order valence-corrected chi connectivity index (χ2v) is 7.31. The normalized spacial score (nSPS) is 11.5. The largest absolute Gasteiger partial charge is 0.392 e. The first kappa shape index (κ1) is 16.6. The van der Waals surface area contributed by atoms with Gasteiger partial charge in [-0.2, -0.15) is 0 Å². The summed E-state index contributed by atoms with van der Waals surface area (Å²) in [7, 11) is -3.75. The molecule has 0 saturated carbocycles. The van der Waals surface area contributed by atoms with E-state index in [-0.39, 0.29) is 23.7 Å². The Hall–Kier alpha value is -1.78. The van der Waals surface area contributed by atoms with Crippen molar-refractivity contribution in [2.75, 3.05) is 6.61 Å². The van der Waals surface area contributed by atoms with Gasteiger partial charge in [-0.15, -0.1) is 0 Å². The molecule has 8 nitrogen and oxygen atoms in total. The summed E-state index contributed by atoms with van der Waals surface area (Å²) in [6, 6.07) is 5.98. The minimum absolute atomic E-state index is 0.0261. The molecule has 1 N–H and O–H groups in total.